The monoisotopic (exact) mass is 407 g/mol. The normalized spacial score (nSPS) is 10.7. The van der Waals surface area contributed by atoms with Crippen molar-refractivity contribution >= 4 is 46.9 Å². The molecule has 0 aliphatic carbocycles. The second-order valence-electron chi connectivity index (χ2n) is 5.66. The van der Waals surface area contributed by atoms with Crippen LogP contribution in [0.2, 0.25) is 10.0 Å². The lowest BCUT2D eigenvalue weighted by Crippen LogP contribution is -2.32. The molecule has 2 aromatic rings. The first-order valence-electron chi connectivity index (χ1n) is 8.23. The highest BCUT2D eigenvalue weighted by atomic mass is 35.5. The zero-order valence-electron chi connectivity index (χ0n) is 14.9. The Balaban J connectivity index is 1.91. The standard InChI is InChI=1S/C19H19Cl2N3O3/c1-3-8-27-17-7-5-13(9-16(17)21)11-22-24-19(26)18(25)23-14-6-4-12(2)15(20)10-14/h4-7,9-11H,3,8H2,1-2H3,(H,23,25)(H,24,26)/b22-11-. The van der Waals surface area contributed by atoms with E-state index in [4.69, 9.17) is 27.9 Å². The number of anilines is 1. The molecule has 8 heteroatoms. The van der Waals surface area contributed by atoms with Gasteiger partial charge in [0, 0.05) is 10.7 Å². The Hall–Kier alpha value is -2.57. The summed E-state index contributed by atoms with van der Waals surface area (Å²) >= 11 is 12.1. The molecule has 142 valence electrons. The van der Waals surface area contributed by atoms with Crippen molar-refractivity contribution in [2.45, 2.75) is 20.3 Å². The van der Waals surface area contributed by atoms with Gasteiger partial charge in [-0.15, -0.1) is 0 Å². The molecule has 2 amide bonds. The van der Waals surface area contributed by atoms with E-state index >= 15 is 0 Å². The van der Waals surface area contributed by atoms with E-state index in [9.17, 15) is 9.59 Å². The molecule has 0 bridgehead atoms. The number of rotatable bonds is 6. The molecule has 0 saturated heterocycles. The molecule has 0 aliphatic rings. The summed E-state index contributed by atoms with van der Waals surface area (Å²) in [6, 6.07) is 10.1. The van der Waals surface area contributed by atoms with Crippen molar-refractivity contribution in [3.05, 3.63) is 57.6 Å². The van der Waals surface area contributed by atoms with Crippen molar-refractivity contribution < 1.29 is 14.3 Å². The van der Waals surface area contributed by atoms with Crippen molar-refractivity contribution in [2.75, 3.05) is 11.9 Å². The Labute approximate surface area is 167 Å². The van der Waals surface area contributed by atoms with E-state index in [1.165, 1.54) is 6.21 Å². The number of nitrogens with zero attached hydrogens (tertiary/aromatic N) is 1. The van der Waals surface area contributed by atoms with Crippen LogP contribution in [0.5, 0.6) is 5.75 Å². The van der Waals surface area contributed by atoms with Crippen LogP contribution in [0, 0.1) is 6.92 Å². The molecule has 2 aromatic carbocycles. The lowest BCUT2D eigenvalue weighted by Gasteiger charge is -2.07. The second-order valence-corrected chi connectivity index (χ2v) is 6.47. The molecule has 6 nitrogen and oxygen atoms in total. The maximum atomic E-state index is 11.9. The number of hydrogen-bond donors (Lipinski definition) is 2. The molecule has 2 N–H and O–H groups in total. The van der Waals surface area contributed by atoms with E-state index < -0.39 is 11.8 Å². The summed E-state index contributed by atoms with van der Waals surface area (Å²) in [6.45, 7) is 4.41. The van der Waals surface area contributed by atoms with Crippen LogP contribution in [-0.4, -0.2) is 24.6 Å². The third kappa shape index (κ3) is 6.27. The summed E-state index contributed by atoms with van der Waals surface area (Å²) in [5.74, 6) is -1.18. The Bertz CT molecular complexity index is 869. The number of amides is 2. The lowest BCUT2D eigenvalue weighted by molar-refractivity contribution is -0.136. The van der Waals surface area contributed by atoms with Crippen LogP contribution in [0.4, 0.5) is 5.69 Å². The van der Waals surface area contributed by atoms with Crippen LogP contribution in [0.15, 0.2) is 41.5 Å². The van der Waals surface area contributed by atoms with Crippen LogP contribution in [-0.2, 0) is 9.59 Å². The molecule has 0 fully saturated rings. The molecule has 0 radical (unpaired) electrons. The highest BCUT2D eigenvalue weighted by Gasteiger charge is 2.13. The van der Waals surface area contributed by atoms with Gasteiger partial charge in [0.25, 0.3) is 0 Å². The third-order valence-electron chi connectivity index (χ3n) is 3.43. The molecule has 2 rings (SSSR count). The van der Waals surface area contributed by atoms with Gasteiger partial charge in [0.05, 0.1) is 17.8 Å². The maximum Gasteiger partial charge on any atom is 0.329 e. The summed E-state index contributed by atoms with van der Waals surface area (Å²) in [6.07, 6.45) is 2.26. The largest absolute Gasteiger partial charge is 0.492 e. The van der Waals surface area contributed by atoms with Crippen molar-refractivity contribution in [3.63, 3.8) is 0 Å². The van der Waals surface area contributed by atoms with Gasteiger partial charge in [0.2, 0.25) is 0 Å². The average Bonchev–Trinajstić information content (AvgIpc) is 2.64. The van der Waals surface area contributed by atoms with Gasteiger partial charge >= 0.3 is 11.8 Å². The Morgan fingerprint density at radius 3 is 2.56 bits per heavy atom. The quantitative estimate of drug-likeness (QED) is 0.428. The van der Waals surface area contributed by atoms with Gasteiger partial charge in [-0.2, -0.15) is 5.10 Å². The number of nitrogens with one attached hydrogen (secondary N) is 2. The molecule has 27 heavy (non-hydrogen) atoms. The number of carbonyl (C=O) groups excluding carboxylic acids is 2. The molecular formula is C19H19Cl2N3O3. The van der Waals surface area contributed by atoms with E-state index in [2.05, 4.69) is 15.8 Å². The van der Waals surface area contributed by atoms with E-state index in [1.807, 2.05) is 13.8 Å². The first kappa shape index (κ1) is 20.7. The number of carbonyl (C=O) groups is 2. The van der Waals surface area contributed by atoms with Crippen LogP contribution in [0.25, 0.3) is 0 Å². The zero-order chi connectivity index (χ0) is 19.8. The van der Waals surface area contributed by atoms with E-state index in [1.54, 1.807) is 36.4 Å². The number of benzene rings is 2. The summed E-state index contributed by atoms with van der Waals surface area (Å²) < 4.78 is 5.48. The molecule has 0 unspecified atom stereocenters. The van der Waals surface area contributed by atoms with E-state index in [0.717, 1.165) is 12.0 Å². The van der Waals surface area contributed by atoms with Gasteiger partial charge in [-0.25, -0.2) is 5.43 Å². The van der Waals surface area contributed by atoms with E-state index in [-0.39, 0.29) is 0 Å². The minimum Gasteiger partial charge on any atom is -0.492 e. The summed E-state index contributed by atoms with van der Waals surface area (Å²) in [7, 11) is 0. The van der Waals surface area contributed by atoms with Crippen molar-refractivity contribution in [1.82, 2.24) is 5.43 Å². The average molecular weight is 408 g/mol. The van der Waals surface area contributed by atoms with Crippen LogP contribution in [0.1, 0.15) is 24.5 Å². The first-order valence-corrected chi connectivity index (χ1v) is 8.99. The predicted octanol–water partition coefficient (Wildman–Crippen LogP) is 4.18. The fraction of sp³-hybridized carbons (Fsp3) is 0.211. The maximum absolute atomic E-state index is 11.9. The predicted molar refractivity (Wildman–Crippen MR) is 108 cm³/mol. The second kappa shape index (κ2) is 9.94. The van der Waals surface area contributed by atoms with Gasteiger partial charge < -0.3 is 10.1 Å². The number of hydrazone groups is 1. The van der Waals surface area contributed by atoms with Crippen molar-refractivity contribution in [2.24, 2.45) is 5.10 Å². The van der Waals surface area contributed by atoms with Gasteiger partial charge in [0.1, 0.15) is 5.75 Å². The van der Waals surface area contributed by atoms with Gasteiger partial charge in [-0.05, 0) is 54.8 Å². The molecule has 0 aromatic heterocycles. The van der Waals surface area contributed by atoms with Gasteiger partial charge in [0.15, 0.2) is 0 Å². The number of aryl methyl sites for hydroxylation is 1. The topological polar surface area (TPSA) is 79.8 Å². The Morgan fingerprint density at radius 1 is 1.11 bits per heavy atom. The van der Waals surface area contributed by atoms with Crippen molar-refractivity contribution in [3.8, 4) is 5.75 Å². The highest BCUT2D eigenvalue weighted by molar-refractivity contribution is 6.40. The summed E-state index contributed by atoms with van der Waals surface area (Å²) in [4.78, 5) is 23.7. The zero-order valence-corrected chi connectivity index (χ0v) is 16.4. The fourth-order valence-corrected chi connectivity index (χ4v) is 2.43. The molecule has 0 aliphatic heterocycles. The summed E-state index contributed by atoms with van der Waals surface area (Å²) in [5.41, 5.74) is 4.09. The van der Waals surface area contributed by atoms with Gasteiger partial charge in [-0.3, -0.25) is 9.59 Å². The minimum absolute atomic E-state index is 0.421. The summed E-state index contributed by atoms with van der Waals surface area (Å²) in [5, 5.41) is 7.14. The van der Waals surface area contributed by atoms with Crippen LogP contribution in [0.3, 0.4) is 0 Å². The molecule has 0 atom stereocenters. The van der Waals surface area contributed by atoms with E-state index in [0.29, 0.717) is 33.7 Å². The third-order valence-corrected chi connectivity index (χ3v) is 4.14. The number of halogens is 2. The SMILES string of the molecule is CCCOc1ccc(/C=N\NC(=O)C(=O)Nc2ccc(C)c(Cl)c2)cc1Cl. The minimum atomic E-state index is -0.906. The van der Waals surface area contributed by atoms with Crippen LogP contribution >= 0.6 is 23.2 Å². The van der Waals surface area contributed by atoms with Crippen molar-refractivity contribution in [1.29, 1.82) is 0 Å². The lowest BCUT2D eigenvalue weighted by atomic mass is 10.2. The smallest absolute Gasteiger partial charge is 0.329 e. The first-order chi connectivity index (χ1) is 12.9. The Kier molecular flexibility index (Phi) is 7.64. The molecular weight excluding hydrogens is 389 g/mol. The highest BCUT2D eigenvalue weighted by Crippen LogP contribution is 2.25. The van der Waals surface area contributed by atoms with Crippen LogP contribution < -0.4 is 15.5 Å². The number of hydrogen-bond acceptors (Lipinski definition) is 4. The Morgan fingerprint density at radius 2 is 1.89 bits per heavy atom. The van der Waals surface area contributed by atoms with Gasteiger partial charge in [-0.1, -0.05) is 36.2 Å². The molecule has 0 spiro atoms. The molecule has 0 saturated carbocycles. The molecule has 0 heterocycles. The number of ether oxygens (including phenoxy) is 1. The fourth-order valence-electron chi connectivity index (χ4n) is 2.00.